The molecule has 0 aromatic heterocycles. The quantitative estimate of drug-likeness (QED) is 0.715. The zero-order chi connectivity index (χ0) is 15.8. The Kier molecular flexibility index (Phi) is 6.06. The van der Waals surface area contributed by atoms with Crippen LogP contribution in [-0.2, 0) is 16.0 Å². The molecule has 0 unspecified atom stereocenters. The molecule has 0 saturated heterocycles. The van der Waals surface area contributed by atoms with E-state index in [4.69, 9.17) is 14.6 Å². The van der Waals surface area contributed by atoms with Crippen LogP contribution in [0.3, 0.4) is 0 Å². The summed E-state index contributed by atoms with van der Waals surface area (Å²) in [7, 11) is 0. The molecule has 1 aromatic rings. The maximum Gasteiger partial charge on any atom is 0.303 e. The van der Waals surface area contributed by atoms with Crippen LogP contribution in [0.2, 0.25) is 0 Å². The Morgan fingerprint density at radius 1 is 1.09 bits per heavy atom. The number of nitrogens with one attached hydrogen (secondary N) is 1. The molecule has 22 heavy (non-hydrogen) atoms. The molecule has 1 amide bonds. The van der Waals surface area contributed by atoms with E-state index in [2.05, 4.69) is 5.32 Å². The SMILES string of the molecule is O=C(O)CCCCC(=O)NCCc1ccc2c(c1)OCCO2. The monoisotopic (exact) mass is 307 g/mol. The average Bonchev–Trinajstić information content (AvgIpc) is 2.51. The number of fused-ring (bicyclic) bond motifs is 1. The zero-order valence-electron chi connectivity index (χ0n) is 12.5. The third kappa shape index (κ3) is 5.27. The molecule has 0 saturated carbocycles. The van der Waals surface area contributed by atoms with Gasteiger partial charge < -0.3 is 19.9 Å². The predicted molar refractivity (Wildman–Crippen MR) is 80.2 cm³/mol. The second-order valence-corrected chi connectivity index (χ2v) is 5.18. The highest BCUT2D eigenvalue weighted by Gasteiger charge is 2.11. The van der Waals surface area contributed by atoms with Gasteiger partial charge in [-0.2, -0.15) is 0 Å². The molecule has 2 rings (SSSR count). The third-order valence-corrected chi connectivity index (χ3v) is 3.39. The first-order valence-corrected chi connectivity index (χ1v) is 7.52. The number of amides is 1. The van der Waals surface area contributed by atoms with E-state index in [1.807, 2.05) is 18.2 Å². The van der Waals surface area contributed by atoms with Crippen molar-refractivity contribution in [1.82, 2.24) is 5.32 Å². The fraction of sp³-hybridized carbons (Fsp3) is 0.500. The molecule has 120 valence electrons. The van der Waals surface area contributed by atoms with Crippen molar-refractivity contribution >= 4 is 11.9 Å². The maximum absolute atomic E-state index is 11.6. The Morgan fingerprint density at radius 2 is 1.82 bits per heavy atom. The maximum atomic E-state index is 11.6. The van der Waals surface area contributed by atoms with Gasteiger partial charge in [-0.1, -0.05) is 6.07 Å². The number of carbonyl (C=O) groups excluding carboxylic acids is 1. The molecule has 6 heteroatoms. The van der Waals surface area contributed by atoms with Crippen molar-refractivity contribution in [2.75, 3.05) is 19.8 Å². The van der Waals surface area contributed by atoms with E-state index in [0.29, 0.717) is 39.0 Å². The smallest absolute Gasteiger partial charge is 0.303 e. The molecule has 1 aliphatic heterocycles. The molecule has 2 N–H and O–H groups in total. The summed E-state index contributed by atoms with van der Waals surface area (Å²) in [6, 6.07) is 5.79. The molecule has 1 aromatic carbocycles. The number of carbonyl (C=O) groups is 2. The molecular formula is C16H21NO5. The summed E-state index contributed by atoms with van der Waals surface area (Å²) < 4.78 is 11.0. The molecule has 0 spiro atoms. The van der Waals surface area contributed by atoms with Crippen LogP contribution >= 0.6 is 0 Å². The van der Waals surface area contributed by atoms with Crippen LogP contribution in [-0.4, -0.2) is 36.7 Å². The number of aliphatic carboxylic acids is 1. The molecule has 1 heterocycles. The van der Waals surface area contributed by atoms with Gasteiger partial charge in [-0.15, -0.1) is 0 Å². The van der Waals surface area contributed by atoms with Gasteiger partial charge in [-0.05, 0) is 37.0 Å². The second kappa shape index (κ2) is 8.26. The van der Waals surface area contributed by atoms with Gasteiger partial charge in [0, 0.05) is 19.4 Å². The highest BCUT2D eigenvalue weighted by Crippen LogP contribution is 2.30. The Morgan fingerprint density at radius 3 is 2.59 bits per heavy atom. The first kappa shape index (κ1) is 16.1. The van der Waals surface area contributed by atoms with Crippen molar-refractivity contribution in [1.29, 1.82) is 0 Å². The van der Waals surface area contributed by atoms with E-state index in [0.717, 1.165) is 23.5 Å². The fourth-order valence-electron chi connectivity index (χ4n) is 2.24. The number of rotatable bonds is 8. The molecule has 1 aliphatic rings. The molecular weight excluding hydrogens is 286 g/mol. The fourth-order valence-corrected chi connectivity index (χ4v) is 2.24. The minimum absolute atomic E-state index is 0.0390. The van der Waals surface area contributed by atoms with Crippen molar-refractivity contribution in [2.24, 2.45) is 0 Å². The third-order valence-electron chi connectivity index (χ3n) is 3.39. The van der Waals surface area contributed by atoms with Crippen molar-refractivity contribution in [2.45, 2.75) is 32.1 Å². The van der Waals surface area contributed by atoms with Gasteiger partial charge in [-0.25, -0.2) is 0 Å². The number of ether oxygens (including phenoxy) is 2. The number of carboxylic acid groups (broad SMARTS) is 1. The minimum Gasteiger partial charge on any atom is -0.486 e. The highest BCUT2D eigenvalue weighted by molar-refractivity contribution is 5.75. The van der Waals surface area contributed by atoms with Gasteiger partial charge in [0.05, 0.1) is 0 Å². The number of hydrogen-bond donors (Lipinski definition) is 2. The summed E-state index contributed by atoms with van der Waals surface area (Å²) >= 11 is 0. The lowest BCUT2D eigenvalue weighted by Gasteiger charge is -2.18. The molecule has 0 atom stereocenters. The van der Waals surface area contributed by atoms with E-state index in [1.54, 1.807) is 0 Å². The van der Waals surface area contributed by atoms with Crippen molar-refractivity contribution in [3.63, 3.8) is 0 Å². The molecule has 0 bridgehead atoms. The normalized spacial score (nSPS) is 12.7. The molecule has 0 fully saturated rings. The number of carboxylic acids is 1. The van der Waals surface area contributed by atoms with Gasteiger partial charge in [-0.3, -0.25) is 9.59 Å². The first-order valence-electron chi connectivity index (χ1n) is 7.52. The van der Waals surface area contributed by atoms with Gasteiger partial charge in [0.15, 0.2) is 11.5 Å². The van der Waals surface area contributed by atoms with E-state index in [1.165, 1.54) is 0 Å². The van der Waals surface area contributed by atoms with Crippen LogP contribution in [0.4, 0.5) is 0 Å². The summed E-state index contributed by atoms with van der Waals surface area (Å²) in [6.07, 6.45) is 2.34. The average molecular weight is 307 g/mol. The minimum atomic E-state index is -0.820. The summed E-state index contributed by atoms with van der Waals surface area (Å²) in [5.74, 6) is 0.656. The van der Waals surface area contributed by atoms with E-state index in [9.17, 15) is 9.59 Å². The van der Waals surface area contributed by atoms with Crippen molar-refractivity contribution < 1.29 is 24.2 Å². The standard InChI is InChI=1S/C16H21NO5/c18-15(3-1-2-4-16(19)20)17-8-7-12-5-6-13-14(11-12)22-10-9-21-13/h5-6,11H,1-4,7-10H2,(H,17,18)(H,19,20). The predicted octanol–water partition coefficient (Wildman–Crippen LogP) is 1.76. The second-order valence-electron chi connectivity index (χ2n) is 5.18. The number of unbranched alkanes of at least 4 members (excludes halogenated alkanes) is 1. The van der Waals surface area contributed by atoms with Gasteiger partial charge in [0.2, 0.25) is 5.91 Å². The van der Waals surface area contributed by atoms with Gasteiger partial charge in [0.1, 0.15) is 13.2 Å². The lowest BCUT2D eigenvalue weighted by molar-refractivity contribution is -0.137. The first-order chi connectivity index (χ1) is 10.6. The summed E-state index contributed by atoms with van der Waals surface area (Å²) in [6.45, 7) is 1.69. The Bertz CT molecular complexity index is 529. The summed E-state index contributed by atoms with van der Waals surface area (Å²) in [5, 5.41) is 11.4. The van der Waals surface area contributed by atoms with Crippen molar-refractivity contribution in [3.05, 3.63) is 23.8 Å². The highest BCUT2D eigenvalue weighted by atomic mass is 16.6. The Labute approximate surface area is 129 Å². The zero-order valence-corrected chi connectivity index (χ0v) is 12.5. The summed E-state index contributed by atoms with van der Waals surface area (Å²) in [4.78, 5) is 22.0. The molecule has 6 nitrogen and oxygen atoms in total. The topological polar surface area (TPSA) is 84.9 Å². The van der Waals surface area contributed by atoms with Crippen LogP contribution in [0, 0.1) is 0 Å². The van der Waals surface area contributed by atoms with Crippen molar-refractivity contribution in [3.8, 4) is 11.5 Å². The lowest BCUT2D eigenvalue weighted by atomic mass is 10.1. The van der Waals surface area contributed by atoms with Crippen LogP contribution in [0.15, 0.2) is 18.2 Å². The van der Waals surface area contributed by atoms with Gasteiger partial charge in [0.25, 0.3) is 0 Å². The Hall–Kier alpha value is -2.24. The van der Waals surface area contributed by atoms with Crippen LogP contribution < -0.4 is 14.8 Å². The van der Waals surface area contributed by atoms with Crippen LogP contribution in [0.5, 0.6) is 11.5 Å². The number of benzene rings is 1. The van der Waals surface area contributed by atoms with Crippen LogP contribution in [0.25, 0.3) is 0 Å². The van der Waals surface area contributed by atoms with Crippen LogP contribution in [0.1, 0.15) is 31.2 Å². The van der Waals surface area contributed by atoms with E-state index in [-0.39, 0.29) is 12.3 Å². The summed E-state index contributed by atoms with van der Waals surface area (Å²) in [5.41, 5.74) is 1.08. The lowest BCUT2D eigenvalue weighted by Crippen LogP contribution is -2.25. The Balaban J connectivity index is 1.65. The van der Waals surface area contributed by atoms with E-state index >= 15 is 0 Å². The van der Waals surface area contributed by atoms with Gasteiger partial charge >= 0.3 is 5.97 Å². The van der Waals surface area contributed by atoms with E-state index < -0.39 is 5.97 Å². The molecule has 0 radical (unpaired) electrons. The largest absolute Gasteiger partial charge is 0.486 e. The number of hydrogen-bond acceptors (Lipinski definition) is 4. The molecule has 0 aliphatic carbocycles.